The van der Waals surface area contributed by atoms with Gasteiger partial charge in [0.2, 0.25) is 0 Å². The summed E-state index contributed by atoms with van der Waals surface area (Å²) >= 11 is -6.17. The number of halogens is 8. The Labute approximate surface area is 174 Å². The normalized spacial score (nSPS) is 27.3. The number of rotatable bonds is 5. The van der Waals surface area contributed by atoms with Crippen molar-refractivity contribution < 1.29 is 42.6 Å². The van der Waals surface area contributed by atoms with Crippen LogP contribution in [0.15, 0.2) is 25.3 Å². The predicted octanol–water partition coefficient (Wildman–Crippen LogP) is 8.46. The van der Waals surface area contributed by atoms with Crippen molar-refractivity contribution >= 4 is 17.5 Å². The molecule has 2 rings (SSSR count). The van der Waals surface area contributed by atoms with E-state index >= 15 is 0 Å². The first-order valence-electron chi connectivity index (χ1n) is 9.54. The number of carbonyl (C=O) groups is 1. The zero-order chi connectivity index (χ0) is 23.4. The van der Waals surface area contributed by atoms with E-state index in [1.165, 1.54) is 0 Å². The lowest BCUT2D eigenvalue weighted by molar-refractivity contribution is -0.237. The molecule has 11 heteroatoms. The Bertz CT molecular complexity index is 482. The van der Waals surface area contributed by atoms with Crippen LogP contribution in [0, 0.1) is 17.8 Å². The van der Waals surface area contributed by atoms with Crippen LogP contribution in [-0.2, 0) is 9.53 Å². The molecular weight excluding hydrogens is 444 g/mol. The first kappa shape index (κ1) is 28.7. The molecule has 0 aromatic heterocycles. The first-order valence-corrected chi connectivity index (χ1v) is 10.8. The Hall–Kier alpha value is -1.26. The summed E-state index contributed by atoms with van der Waals surface area (Å²) in [5, 5.41) is 0. The zero-order valence-corrected chi connectivity index (χ0v) is 17.3. The molecule has 30 heavy (non-hydrogen) atoms. The molecule has 0 aromatic carbocycles. The van der Waals surface area contributed by atoms with Crippen molar-refractivity contribution in [3.63, 3.8) is 0 Å². The average Bonchev–Trinajstić information content (AvgIpc) is 2.60. The number of esters is 1. The summed E-state index contributed by atoms with van der Waals surface area (Å²) in [6.07, 6.45) is 8.34. The van der Waals surface area contributed by atoms with Crippen molar-refractivity contribution in [1.29, 1.82) is 0 Å². The number of hydrogen-bond donors (Lipinski definition) is 0. The van der Waals surface area contributed by atoms with Crippen LogP contribution >= 0.6 is 11.6 Å². The highest BCUT2D eigenvalue weighted by Crippen LogP contribution is 2.54. The first-order chi connectivity index (χ1) is 13.7. The van der Waals surface area contributed by atoms with Crippen molar-refractivity contribution in [3.8, 4) is 0 Å². The molecule has 0 saturated heterocycles. The molecule has 0 N–H and O–H groups in total. The van der Waals surface area contributed by atoms with Gasteiger partial charge in [0.1, 0.15) is 6.10 Å². The van der Waals surface area contributed by atoms with Crippen LogP contribution in [-0.4, -0.2) is 18.5 Å². The van der Waals surface area contributed by atoms with Crippen LogP contribution in [0.2, 0.25) is 0 Å². The number of alkyl halides is 4. The highest BCUT2D eigenvalue weighted by atomic mass is 32.4. The van der Waals surface area contributed by atoms with Crippen molar-refractivity contribution in [2.24, 2.45) is 17.8 Å². The molecule has 0 unspecified atom stereocenters. The van der Waals surface area contributed by atoms with Crippen LogP contribution in [0.1, 0.15) is 57.8 Å². The highest BCUT2D eigenvalue weighted by molar-refractivity contribution is 8.16. The molecule has 0 heterocycles. The molecule has 2 nitrogen and oxygen atoms in total. The maximum absolute atomic E-state index is 12.2. The van der Waals surface area contributed by atoms with E-state index in [0.717, 1.165) is 63.7 Å². The highest BCUT2D eigenvalue weighted by Gasteiger charge is 2.30. The molecule has 0 aromatic rings. The van der Waals surface area contributed by atoms with Crippen LogP contribution in [0.3, 0.4) is 0 Å². The smallest absolute Gasteiger partial charge is 0.462 e. The van der Waals surface area contributed by atoms with Gasteiger partial charge in [0.15, 0.2) is 0 Å². The van der Waals surface area contributed by atoms with Crippen LogP contribution in [0.25, 0.3) is 0 Å². The van der Waals surface area contributed by atoms with Crippen molar-refractivity contribution in [3.05, 3.63) is 25.3 Å². The number of allylic oxidation sites excluding steroid dienone is 2. The summed E-state index contributed by atoms with van der Waals surface area (Å²) in [6, 6.07) is 0. The van der Waals surface area contributed by atoms with E-state index < -0.39 is 18.0 Å². The van der Waals surface area contributed by atoms with E-state index in [4.69, 9.17) is 4.74 Å². The van der Waals surface area contributed by atoms with Gasteiger partial charge in [-0.3, -0.25) is 4.79 Å². The van der Waals surface area contributed by atoms with E-state index in [2.05, 4.69) is 13.2 Å². The Balaban J connectivity index is 0.000000702. The molecule has 0 bridgehead atoms. The Kier molecular flexibility index (Phi) is 13.3. The fraction of sp³-hybridized carbons (Fsp3) is 0.737. The lowest BCUT2D eigenvalue weighted by atomic mass is 9.80. The third-order valence-electron chi connectivity index (χ3n) is 5.02. The molecular formula is C19H28F8O2S. The summed E-state index contributed by atoms with van der Waals surface area (Å²) in [6.45, 7) is 7.65. The van der Waals surface area contributed by atoms with Gasteiger partial charge in [-0.1, -0.05) is 27.7 Å². The SMILES string of the molecule is C=CCC1CCC(C(=O)OC2CCC(C=C)CC2)CC1.FC(F)(F)F.FS(F)(F)F. The number of hydrogen-bond acceptors (Lipinski definition) is 2. The van der Waals surface area contributed by atoms with E-state index in [1.807, 2.05) is 12.2 Å². The van der Waals surface area contributed by atoms with Gasteiger partial charge in [-0.15, -0.1) is 30.7 Å². The lowest BCUT2D eigenvalue weighted by Gasteiger charge is -2.30. The summed E-state index contributed by atoms with van der Waals surface area (Å²) in [5.74, 6) is 1.57. The molecule has 0 atom stereocenters. The Morgan fingerprint density at radius 3 is 1.70 bits per heavy atom. The molecule has 2 aliphatic carbocycles. The molecule has 0 aliphatic heterocycles. The van der Waals surface area contributed by atoms with Gasteiger partial charge in [0.25, 0.3) is 0 Å². The van der Waals surface area contributed by atoms with Gasteiger partial charge in [0.05, 0.1) is 5.92 Å². The van der Waals surface area contributed by atoms with E-state index in [1.54, 1.807) is 0 Å². The fourth-order valence-electron chi connectivity index (χ4n) is 3.57. The molecule has 2 fully saturated rings. The summed E-state index contributed by atoms with van der Waals surface area (Å²) in [5.41, 5.74) is 0. The molecule has 0 amide bonds. The summed E-state index contributed by atoms with van der Waals surface area (Å²) in [4.78, 5) is 12.2. The van der Waals surface area contributed by atoms with Crippen LogP contribution < -0.4 is 0 Å². The van der Waals surface area contributed by atoms with Gasteiger partial charge in [0, 0.05) is 0 Å². The third kappa shape index (κ3) is 17.6. The van der Waals surface area contributed by atoms with E-state index in [-0.39, 0.29) is 18.0 Å². The van der Waals surface area contributed by atoms with Crippen LogP contribution in [0.5, 0.6) is 0 Å². The monoisotopic (exact) mass is 472 g/mol. The third-order valence-corrected chi connectivity index (χ3v) is 5.02. The molecule has 0 radical (unpaired) electrons. The number of carbonyl (C=O) groups excluding carboxylic acids is 1. The van der Waals surface area contributed by atoms with Crippen molar-refractivity contribution in [2.75, 3.05) is 0 Å². The van der Waals surface area contributed by atoms with E-state index in [0.29, 0.717) is 5.92 Å². The van der Waals surface area contributed by atoms with Gasteiger partial charge in [-0.25, -0.2) is 0 Å². The van der Waals surface area contributed by atoms with Crippen LogP contribution in [0.4, 0.5) is 33.1 Å². The molecule has 2 aliphatic rings. The molecule has 2 saturated carbocycles. The maximum atomic E-state index is 12.2. The second kappa shape index (κ2) is 13.9. The Morgan fingerprint density at radius 1 is 0.900 bits per heavy atom. The van der Waals surface area contributed by atoms with Crippen molar-refractivity contribution in [2.45, 2.75) is 70.3 Å². The Morgan fingerprint density at radius 2 is 1.33 bits per heavy atom. The van der Waals surface area contributed by atoms with Gasteiger partial charge in [-0.05, 0) is 69.6 Å². The predicted molar refractivity (Wildman–Crippen MR) is 101 cm³/mol. The quantitative estimate of drug-likeness (QED) is 0.228. The standard InChI is InChI=1S/C18H28O2.CF4.F4S/c1-3-5-15-6-10-16(11-7-15)18(19)20-17-12-8-14(4-2)9-13-17;2-1(3,4)5;1-5(2,3)4/h3-4,14-17H,1-2,5-13H2;;. The van der Waals surface area contributed by atoms with Gasteiger partial charge >= 0.3 is 24.0 Å². The summed E-state index contributed by atoms with van der Waals surface area (Å²) in [7, 11) is 0. The minimum absolute atomic E-state index is 0.0594. The fourth-order valence-corrected chi connectivity index (χ4v) is 3.57. The largest absolute Gasteiger partial charge is 0.559 e. The molecule has 0 spiro atoms. The zero-order valence-electron chi connectivity index (χ0n) is 16.5. The topological polar surface area (TPSA) is 26.3 Å². The minimum atomic E-state index is -6.17. The second-order valence-electron chi connectivity index (χ2n) is 7.23. The van der Waals surface area contributed by atoms with Crippen molar-refractivity contribution in [1.82, 2.24) is 0 Å². The second-order valence-corrected chi connectivity index (χ2v) is 7.93. The average molecular weight is 472 g/mol. The molecule has 178 valence electrons. The van der Waals surface area contributed by atoms with E-state index in [9.17, 15) is 37.9 Å². The minimum Gasteiger partial charge on any atom is -0.462 e. The lowest BCUT2D eigenvalue weighted by Crippen LogP contribution is -2.29. The summed E-state index contributed by atoms with van der Waals surface area (Å²) < 4.78 is 83.6. The van der Waals surface area contributed by atoms with Gasteiger partial charge in [-0.2, -0.15) is 0 Å². The van der Waals surface area contributed by atoms with Gasteiger partial charge < -0.3 is 4.74 Å². The maximum Gasteiger partial charge on any atom is 0.559 e. The number of ether oxygens (including phenoxy) is 1.